The number of halogens is 1. The van der Waals surface area contributed by atoms with Gasteiger partial charge in [-0.05, 0) is 24.3 Å². The highest BCUT2D eigenvalue weighted by Crippen LogP contribution is 2.33. The van der Waals surface area contributed by atoms with Crippen molar-refractivity contribution in [3.05, 3.63) is 60.9 Å². The molecule has 4 N–H and O–H groups in total. The van der Waals surface area contributed by atoms with Crippen molar-refractivity contribution in [2.75, 3.05) is 25.1 Å². The first kappa shape index (κ1) is 22.2. The Kier molecular flexibility index (Phi) is 5.01. The molecule has 11 nitrogen and oxygen atoms in total. The van der Waals surface area contributed by atoms with Crippen LogP contribution in [0.15, 0.2) is 55.1 Å². The van der Waals surface area contributed by atoms with Gasteiger partial charge in [-0.15, -0.1) is 0 Å². The van der Waals surface area contributed by atoms with Crippen molar-refractivity contribution < 1.29 is 9.13 Å². The maximum absolute atomic E-state index is 14.2. The average molecular weight is 509 g/mol. The zero-order valence-corrected chi connectivity index (χ0v) is 20.2. The number of ether oxygens (including phenoxy) is 1. The highest BCUT2D eigenvalue weighted by Gasteiger charge is 2.25. The van der Waals surface area contributed by atoms with Crippen molar-refractivity contribution >= 4 is 27.9 Å². The molecule has 0 saturated carbocycles. The van der Waals surface area contributed by atoms with E-state index in [1.165, 1.54) is 19.2 Å². The highest BCUT2D eigenvalue weighted by atomic mass is 19.1. The zero-order valence-electron chi connectivity index (χ0n) is 20.2. The third-order valence-corrected chi connectivity index (χ3v) is 6.58. The van der Waals surface area contributed by atoms with E-state index in [1.807, 2.05) is 12.1 Å². The number of nitrogens with one attached hydrogen (secondary N) is 2. The number of pyridine rings is 2. The van der Waals surface area contributed by atoms with Crippen LogP contribution in [-0.4, -0.2) is 66.3 Å². The number of fused-ring (bicyclic) bond motifs is 2. The minimum Gasteiger partial charge on any atom is -0.497 e. The summed E-state index contributed by atoms with van der Waals surface area (Å²) in [7, 11) is 1.49. The fourth-order valence-electron chi connectivity index (χ4n) is 4.65. The van der Waals surface area contributed by atoms with Gasteiger partial charge in [-0.3, -0.25) is 15.1 Å². The molecule has 5 aromatic heterocycles. The summed E-state index contributed by atoms with van der Waals surface area (Å²) in [6, 6.07) is 8.39. The number of hydrogen-bond donors (Lipinski definition) is 3. The molecule has 0 radical (unpaired) electrons. The molecule has 1 saturated heterocycles. The van der Waals surface area contributed by atoms with Crippen molar-refractivity contribution in [2.24, 2.45) is 5.73 Å². The number of nitrogens with zero attached hydrogens (tertiary/aromatic N) is 7. The Balaban J connectivity index is 1.30. The summed E-state index contributed by atoms with van der Waals surface area (Å²) in [6.07, 6.45) is 6.82. The molecule has 7 rings (SSSR count). The smallest absolute Gasteiger partial charge is 0.181 e. The second-order valence-corrected chi connectivity index (χ2v) is 9.14. The zero-order chi connectivity index (χ0) is 25.8. The molecule has 1 fully saturated rings. The first-order valence-electron chi connectivity index (χ1n) is 11.9. The topological polar surface area (TPSA) is 147 Å². The summed E-state index contributed by atoms with van der Waals surface area (Å²) < 4.78 is 19.4. The number of aromatic nitrogens is 8. The van der Waals surface area contributed by atoms with Crippen LogP contribution in [0.1, 0.15) is 0 Å². The molecule has 0 unspecified atom stereocenters. The summed E-state index contributed by atoms with van der Waals surface area (Å²) >= 11 is 0. The number of aromatic amines is 2. The van der Waals surface area contributed by atoms with Gasteiger partial charge in [-0.1, -0.05) is 0 Å². The molecule has 1 aromatic carbocycles. The number of rotatable bonds is 5. The van der Waals surface area contributed by atoms with Crippen LogP contribution in [0.2, 0.25) is 0 Å². The van der Waals surface area contributed by atoms with E-state index in [4.69, 9.17) is 20.4 Å². The minimum absolute atomic E-state index is 0.162. The van der Waals surface area contributed by atoms with Crippen molar-refractivity contribution in [2.45, 2.75) is 6.04 Å². The fraction of sp³-hybridized carbons (Fsp3) is 0.154. The quantitative estimate of drug-likeness (QED) is 0.319. The molecular formula is C26H21FN10O. The van der Waals surface area contributed by atoms with Gasteiger partial charge in [-0.25, -0.2) is 19.3 Å². The predicted octanol–water partition coefficient (Wildman–Crippen LogP) is 3.32. The maximum atomic E-state index is 14.2. The lowest BCUT2D eigenvalue weighted by molar-refractivity contribution is 0.411. The largest absolute Gasteiger partial charge is 0.497 e. The van der Waals surface area contributed by atoms with Crippen LogP contribution in [0.4, 0.5) is 10.2 Å². The summed E-state index contributed by atoms with van der Waals surface area (Å²) in [4.78, 5) is 28.3. The van der Waals surface area contributed by atoms with Gasteiger partial charge in [0, 0.05) is 48.7 Å². The van der Waals surface area contributed by atoms with Gasteiger partial charge in [0.25, 0.3) is 0 Å². The van der Waals surface area contributed by atoms with E-state index in [2.05, 4.69) is 35.0 Å². The van der Waals surface area contributed by atoms with Crippen LogP contribution >= 0.6 is 0 Å². The number of anilines is 1. The summed E-state index contributed by atoms with van der Waals surface area (Å²) in [5.41, 5.74) is 11.0. The minimum atomic E-state index is -0.420. The van der Waals surface area contributed by atoms with E-state index < -0.39 is 5.82 Å². The van der Waals surface area contributed by atoms with Gasteiger partial charge in [0.15, 0.2) is 11.5 Å². The Morgan fingerprint density at radius 3 is 2.79 bits per heavy atom. The number of H-pyrrole nitrogens is 2. The van der Waals surface area contributed by atoms with Crippen LogP contribution in [0.3, 0.4) is 0 Å². The van der Waals surface area contributed by atoms with E-state index >= 15 is 0 Å². The number of nitrogens with two attached hydrogens (primary N) is 1. The molecule has 38 heavy (non-hydrogen) atoms. The average Bonchev–Trinajstić information content (AvgIpc) is 3.54. The van der Waals surface area contributed by atoms with Crippen molar-refractivity contribution in [3.63, 3.8) is 0 Å². The van der Waals surface area contributed by atoms with Crippen LogP contribution < -0.4 is 15.4 Å². The second-order valence-electron chi connectivity index (χ2n) is 9.14. The molecule has 0 bridgehead atoms. The van der Waals surface area contributed by atoms with Crippen molar-refractivity contribution in [1.82, 2.24) is 40.1 Å². The van der Waals surface area contributed by atoms with Crippen molar-refractivity contribution in [3.8, 4) is 39.8 Å². The fourth-order valence-corrected chi connectivity index (χ4v) is 4.65. The van der Waals surface area contributed by atoms with Gasteiger partial charge in [0.2, 0.25) is 0 Å². The summed E-state index contributed by atoms with van der Waals surface area (Å²) in [5.74, 6) is 1.31. The van der Waals surface area contributed by atoms with Gasteiger partial charge in [0.1, 0.15) is 28.6 Å². The van der Waals surface area contributed by atoms with Gasteiger partial charge in [0.05, 0.1) is 41.8 Å². The van der Waals surface area contributed by atoms with E-state index in [-0.39, 0.29) is 6.04 Å². The van der Waals surface area contributed by atoms with Gasteiger partial charge >= 0.3 is 0 Å². The second kappa shape index (κ2) is 8.56. The third kappa shape index (κ3) is 3.69. The summed E-state index contributed by atoms with van der Waals surface area (Å²) in [5, 5.41) is 8.16. The predicted molar refractivity (Wildman–Crippen MR) is 140 cm³/mol. The molecule has 0 aliphatic carbocycles. The molecule has 0 spiro atoms. The molecule has 12 heteroatoms. The Morgan fingerprint density at radius 1 is 1.05 bits per heavy atom. The SMILES string of the molecule is COc1cc(F)cc(-c2nccc3[nH]c(-c4[nH]nc5ncc(-c6cncc(N7CC(N)C7)n6)cc45)nc23)c1. The lowest BCUT2D eigenvalue weighted by atomic mass is 10.1. The maximum Gasteiger partial charge on any atom is 0.181 e. The van der Waals surface area contributed by atoms with E-state index in [0.717, 1.165) is 35.4 Å². The molecule has 6 heterocycles. The first-order chi connectivity index (χ1) is 18.6. The monoisotopic (exact) mass is 508 g/mol. The first-order valence-corrected chi connectivity index (χ1v) is 11.9. The molecule has 1 aliphatic heterocycles. The number of methoxy groups -OCH3 is 1. The molecular weight excluding hydrogens is 487 g/mol. The van der Waals surface area contributed by atoms with Crippen LogP contribution in [0.25, 0.3) is 56.1 Å². The van der Waals surface area contributed by atoms with E-state index in [1.54, 1.807) is 30.9 Å². The van der Waals surface area contributed by atoms with Crippen LogP contribution in [0.5, 0.6) is 5.75 Å². The van der Waals surface area contributed by atoms with E-state index in [9.17, 15) is 4.39 Å². The molecule has 0 atom stereocenters. The Morgan fingerprint density at radius 2 is 1.95 bits per heavy atom. The molecule has 6 aromatic rings. The van der Waals surface area contributed by atoms with Crippen LogP contribution in [0, 0.1) is 5.82 Å². The molecule has 1 aliphatic rings. The normalized spacial score (nSPS) is 13.8. The third-order valence-electron chi connectivity index (χ3n) is 6.58. The molecule has 0 amide bonds. The lowest BCUT2D eigenvalue weighted by Crippen LogP contribution is -2.56. The Hall–Kier alpha value is -4.97. The van der Waals surface area contributed by atoms with Gasteiger partial charge in [-0.2, -0.15) is 5.10 Å². The summed E-state index contributed by atoms with van der Waals surface area (Å²) in [6.45, 7) is 1.51. The Bertz CT molecular complexity index is 1820. The van der Waals surface area contributed by atoms with Crippen molar-refractivity contribution in [1.29, 1.82) is 0 Å². The lowest BCUT2D eigenvalue weighted by Gasteiger charge is -2.37. The van der Waals surface area contributed by atoms with Crippen LogP contribution in [-0.2, 0) is 0 Å². The highest BCUT2D eigenvalue weighted by molar-refractivity contribution is 5.96. The van der Waals surface area contributed by atoms with Gasteiger partial charge < -0.3 is 20.4 Å². The van der Waals surface area contributed by atoms with E-state index in [0.29, 0.717) is 45.4 Å². The number of benzene rings is 1. The Labute approximate surface area is 215 Å². The molecule has 188 valence electrons. The standard InChI is InChI=1S/C26H21FN10O/c1-38-17-5-13(4-15(27)7-17)22-24-19(2-3-30-22)33-26(34-24)23-18-6-14(8-31-25(18)36-35-23)20-9-29-10-21(32-20)37-11-16(28)12-37/h2-10,16H,11-12,28H2,1H3,(H,33,34)(H,31,35,36). The number of imidazole rings is 1. The number of hydrogen-bond acceptors (Lipinski definition) is 9.